The third-order valence-corrected chi connectivity index (χ3v) is 3.07. The maximum atomic E-state index is 4.75. The van der Waals surface area contributed by atoms with Crippen molar-refractivity contribution in [3.8, 4) is 22.5 Å². The molecular weight excluding hydrogens is 232 g/mol. The van der Waals surface area contributed by atoms with Crippen molar-refractivity contribution in [2.75, 3.05) is 0 Å². The Kier molecular flexibility index (Phi) is 3.07. The highest BCUT2D eigenvalue weighted by Crippen LogP contribution is 2.23. The molecule has 0 aliphatic carbocycles. The van der Waals surface area contributed by atoms with Gasteiger partial charge in [-0.15, -0.1) is 0 Å². The third kappa shape index (κ3) is 2.38. The second-order valence-electron chi connectivity index (χ2n) is 4.42. The number of hydrogen-bond acceptors (Lipinski definition) is 2. The highest BCUT2D eigenvalue weighted by Gasteiger charge is 2.07. The number of benzene rings is 2. The highest BCUT2D eigenvalue weighted by molar-refractivity contribution is 5.66. The fourth-order valence-corrected chi connectivity index (χ4v) is 2.07. The van der Waals surface area contributed by atoms with Gasteiger partial charge in [0.2, 0.25) is 0 Å². The topological polar surface area (TPSA) is 25.8 Å². The molecule has 0 amide bonds. The molecule has 2 nitrogen and oxygen atoms in total. The summed E-state index contributed by atoms with van der Waals surface area (Å²) < 4.78 is 0. The van der Waals surface area contributed by atoms with E-state index in [0.717, 1.165) is 28.2 Å². The van der Waals surface area contributed by atoms with Gasteiger partial charge in [-0.25, -0.2) is 4.98 Å². The predicted molar refractivity (Wildman–Crippen MR) is 77.6 cm³/mol. The lowest BCUT2D eigenvalue weighted by atomic mass is 10.1. The van der Waals surface area contributed by atoms with E-state index >= 15 is 0 Å². The maximum Gasteiger partial charge on any atom is 0.0921 e. The number of aromatic nitrogens is 2. The first-order chi connectivity index (χ1) is 9.34. The van der Waals surface area contributed by atoms with E-state index < -0.39 is 0 Å². The van der Waals surface area contributed by atoms with E-state index in [2.05, 4.69) is 17.1 Å². The smallest absolute Gasteiger partial charge is 0.0921 e. The van der Waals surface area contributed by atoms with Gasteiger partial charge in [-0.3, -0.25) is 4.98 Å². The predicted octanol–water partition coefficient (Wildman–Crippen LogP) is 4.12. The van der Waals surface area contributed by atoms with Crippen LogP contribution in [0.3, 0.4) is 0 Å². The molecule has 2 aromatic carbocycles. The zero-order chi connectivity index (χ0) is 13.1. The fourth-order valence-electron chi connectivity index (χ4n) is 2.07. The molecule has 3 aromatic rings. The molecule has 2 heteroatoms. The number of aryl methyl sites for hydroxylation is 1. The molecule has 0 aliphatic rings. The first-order valence-corrected chi connectivity index (χ1v) is 6.29. The average Bonchev–Trinajstić information content (AvgIpc) is 2.49. The normalized spacial score (nSPS) is 10.4. The van der Waals surface area contributed by atoms with Crippen LogP contribution in [0.1, 0.15) is 5.69 Å². The highest BCUT2D eigenvalue weighted by atomic mass is 14.8. The first-order valence-electron chi connectivity index (χ1n) is 6.29. The third-order valence-electron chi connectivity index (χ3n) is 3.07. The molecule has 19 heavy (non-hydrogen) atoms. The van der Waals surface area contributed by atoms with E-state index in [1.165, 1.54) is 0 Å². The summed E-state index contributed by atoms with van der Waals surface area (Å²) in [6, 6.07) is 20.3. The summed E-state index contributed by atoms with van der Waals surface area (Å²) in [4.78, 5) is 9.22. The first kappa shape index (κ1) is 11.6. The van der Waals surface area contributed by atoms with Crippen LogP contribution < -0.4 is 0 Å². The zero-order valence-electron chi connectivity index (χ0n) is 10.7. The van der Waals surface area contributed by atoms with Crippen LogP contribution in [0.5, 0.6) is 0 Å². The van der Waals surface area contributed by atoms with E-state index in [4.69, 9.17) is 4.98 Å². The van der Waals surface area contributed by atoms with Crippen LogP contribution in [0.4, 0.5) is 0 Å². The van der Waals surface area contributed by atoms with Crippen LogP contribution >= 0.6 is 0 Å². The minimum atomic E-state index is 0.907. The Labute approximate surface area is 112 Å². The molecule has 0 spiro atoms. The van der Waals surface area contributed by atoms with Gasteiger partial charge in [-0.1, -0.05) is 60.7 Å². The van der Waals surface area contributed by atoms with Crippen molar-refractivity contribution in [3.05, 3.63) is 72.6 Å². The molecule has 0 saturated carbocycles. The molecule has 0 saturated heterocycles. The summed E-state index contributed by atoms with van der Waals surface area (Å²) >= 11 is 0. The van der Waals surface area contributed by atoms with E-state index in [-0.39, 0.29) is 0 Å². The summed E-state index contributed by atoms with van der Waals surface area (Å²) in [5.74, 6) is 0. The second kappa shape index (κ2) is 5.02. The van der Waals surface area contributed by atoms with E-state index in [9.17, 15) is 0 Å². The zero-order valence-corrected chi connectivity index (χ0v) is 10.7. The Morgan fingerprint density at radius 2 is 1.32 bits per heavy atom. The summed E-state index contributed by atoms with van der Waals surface area (Å²) in [6.07, 6.45) is 1.83. The van der Waals surface area contributed by atoms with Gasteiger partial charge in [0.1, 0.15) is 0 Å². The molecule has 92 valence electrons. The van der Waals surface area contributed by atoms with Gasteiger partial charge < -0.3 is 0 Å². The van der Waals surface area contributed by atoms with Gasteiger partial charge >= 0.3 is 0 Å². The molecular formula is C17H14N2. The van der Waals surface area contributed by atoms with E-state index in [1.807, 2.05) is 61.7 Å². The maximum absolute atomic E-state index is 4.75. The van der Waals surface area contributed by atoms with Crippen molar-refractivity contribution in [2.45, 2.75) is 6.92 Å². The van der Waals surface area contributed by atoms with Crippen molar-refractivity contribution >= 4 is 0 Å². The molecule has 1 heterocycles. The second-order valence-corrected chi connectivity index (χ2v) is 4.42. The largest absolute Gasteiger partial charge is 0.257 e. The van der Waals surface area contributed by atoms with Crippen molar-refractivity contribution in [1.82, 2.24) is 9.97 Å². The van der Waals surface area contributed by atoms with Crippen LogP contribution in [-0.4, -0.2) is 9.97 Å². The Balaban J connectivity index is 2.12. The molecule has 0 atom stereocenters. The summed E-state index contributed by atoms with van der Waals surface area (Å²) in [5, 5.41) is 0. The molecule has 0 radical (unpaired) electrons. The minimum absolute atomic E-state index is 0.907. The van der Waals surface area contributed by atoms with Crippen LogP contribution in [0.25, 0.3) is 22.5 Å². The molecule has 0 N–H and O–H groups in total. The van der Waals surface area contributed by atoms with Crippen molar-refractivity contribution in [2.24, 2.45) is 0 Å². The van der Waals surface area contributed by atoms with Gasteiger partial charge in [0.05, 0.1) is 23.3 Å². The van der Waals surface area contributed by atoms with Gasteiger partial charge in [0, 0.05) is 11.1 Å². The standard InChI is InChI=1S/C17H14N2/c1-13-17(15-10-6-3-7-11-15)19-16(12-18-13)14-8-4-2-5-9-14/h2-12H,1H3. The number of nitrogens with zero attached hydrogens (tertiary/aromatic N) is 2. The molecule has 1 aromatic heterocycles. The number of hydrogen-bond donors (Lipinski definition) is 0. The number of rotatable bonds is 2. The Morgan fingerprint density at radius 3 is 1.95 bits per heavy atom. The lowest BCUT2D eigenvalue weighted by Gasteiger charge is -2.07. The fraction of sp³-hybridized carbons (Fsp3) is 0.0588. The molecule has 0 unspecified atom stereocenters. The van der Waals surface area contributed by atoms with Crippen molar-refractivity contribution < 1.29 is 0 Å². The minimum Gasteiger partial charge on any atom is -0.257 e. The summed E-state index contributed by atoms with van der Waals surface area (Å²) in [5.41, 5.74) is 5.00. The van der Waals surface area contributed by atoms with Crippen LogP contribution in [-0.2, 0) is 0 Å². The molecule has 0 fully saturated rings. The van der Waals surface area contributed by atoms with E-state index in [1.54, 1.807) is 0 Å². The summed E-state index contributed by atoms with van der Waals surface area (Å²) in [6.45, 7) is 1.99. The van der Waals surface area contributed by atoms with Crippen LogP contribution in [0.15, 0.2) is 66.9 Å². The lowest BCUT2D eigenvalue weighted by Crippen LogP contribution is -1.94. The van der Waals surface area contributed by atoms with Gasteiger partial charge in [-0.2, -0.15) is 0 Å². The SMILES string of the molecule is Cc1ncc(-c2ccccc2)nc1-c1ccccc1. The molecule has 0 aliphatic heterocycles. The monoisotopic (exact) mass is 246 g/mol. The molecule has 0 bridgehead atoms. The van der Waals surface area contributed by atoms with Gasteiger partial charge in [0.25, 0.3) is 0 Å². The van der Waals surface area contributed by atoms with Gasteiger partial charge in [-0.05, 0) is 6.92 Å². The van der Waals surface area contributed by atoms with Crippen molar-refractivity contribution in [3.63, 3.8) is 0 Å². The average molecular weight is 246 g/mol. The quantitative estimate of drug-likeness (QED) is 0.679. The molecule has 3 rings (SSSR count). The van der Waals surface area contributed by atoms with Crippen LogP contribution in [0, 0.1) is 6.92 Å². The Hall–Kier alpha value is -2.48. The summed E-state index contributed by atoms with van der Waals surface area (Å²) in [7, 11) is 0. The lowest BCUT2D eigenvalue weighted by molar-refractivity contribution is 1.13. The van der Waals surface area contributed by atoms with Crippen LogP contribution in [0.2, 0.25) is 0 Å². The Morgan fingerprint density at radius 1 is 0.737 bits per heavy atom. The van der Waals surface area contributed by atoms with Crippen molar-refractivity contribution in [1.29, 1.82) is 0 Å². The van der Waals surface area contributed by atoms with E-state index in [0.29, 0.717) is 0 Å². The van der Waals surface area contributed by atoms with Gasteiger partial charge in [0.15, 0.2) is 0 Å². The Bertz CT molecular complexity index is 676.